The van der Waals surface area contributed by atoms with Gasteiger partial charge in [0.2, 0.25) is 0 Å². The minimum Gasteiger partial charge on any atom is -0.317 e. The first-order chi connectivity index (χ1) is 8.20. The lowest BCUT2D eigenvalue weighted by Gasteiger charge is -2.43. The molecule has 3 heteroatoms. The maximum absolute atomic E-state index is 3.46. The summed E-state index contributed by atoms with van der Waals surface area (Å²) in [7, 11) is 2.11. The number of nitrogens with zero attached hydrogens (tertiary/aromatic N) is 2. The zero-order valence-corrected chi connectivity index (χ0v) is 11.8. The Bertz CT molecular complexity index is 222. The van der Waals surface area contributed by atoms with Crippen molar-refractivity contribution < 1.29 is 0 Å². The molecule has 1 unspecified atom stereocenters. The highest BCUT2D eigenvalue weighted by molar-refractivity contribution is 4.86. The summed E-state index contributed by atoms with van der Waals surface area (Å²) in [5.41, 5.74) is 0. The van der Waals surface area contributed by atoms with Crippen LogP contribution in [-0.2, 0) is 0 Å². The predicted octanol–water partition coefficient (Wildman–Crippen LogP) is 1.54. The molecule has 2 atom stereocenters. The molecule has 0 aromatic rings. The number of hydrogen-bond donors (Lipinski definition) is 1. The van der Waals surface area contributed by atoms with Crippen molar-refractivity contribution in [2.24, 2.45) is 0 Å². The van der Waals surface area contributed by atoms with E-state index in [1.165, 1.54) is 51.9 Å². The van der Waals surface area contributed by atoms with Crippen LogP contribution < -0.4 is 5.32 Å². The third-order valence-electron chi connectivity index (χ3n) is 4.65. The highest BCUT2D eigenvalue weighted by Gasteiger charge is 2.28. The molecule has 0 amide bonds. The molecule has 1 aliphatic carbocycles. The Morgan fingerprint density at radius 2 is 1.76 bits per heavy atom. The fraction of sp³-hybridized carbons (Fsp3) is 1.00. The number of piperazine rings is 1. The monoisotopic (exact) mass is 239 g/mol. The van der Waals surface area contributed by atoms with Gasteiger partial charge in [-0.15, -0.1) is 0 Å². The molecule has 17 heavy (non-hydrogen) atoms. The van der Waals surface area contributed by atoms with Crippen molar-refractivity contribution in [3.05, 3.63) is 0 Å². The summed E-state index contributed by atoms with van der Waals surface area (Å²) in [5.74, 6) is 0. The maximum Gasteiger partial charge on any atom is 0.0113 e. The van der Waals surface area contributed by atoms with E-state index in [0.717, 1.165) is 12.1 Å². The average molecular weight is 239 g/mol. The molecular formula is C14H29N3. The smallest absolute Gasteiger partial charge is 0.0113 e. The second kappa shape index (κ2) is 6.17. The molecule has 2 rings (SSSR count). The van der Waals surface area contributed by atoms with Gasteiger partial charge in [0.05, 0.1) is 0 Å². The Kier molecular flexibility index (Phi) is 4.83. The normalized spacial score (nSPS) is 33.2. The van der Waals surface area contributed by atoms with Crippen LogP contribution in [0.15, 0.2) is 0 Å². The SMILES string of the molecule is CN[C@@H]1CCCC(N2CCN(C(C)C)CC2)C1. The van der Waals surface area contributed by atoms with Crippen molar-refractivity contribution >= 4 is 0 Å². The van der Waals surface area contributed by atoms with E-state index in [1.54, 1.807) is 0 Å². The number of rotatable bonds is 3. The Hall–Kier alpha value is -0.120. The average Bonchev–Trinajstić information content (AvgIpc) is 2.39. The van der Waals surface area contributed by atoms with Gasteiger partial charge in [0.15, 0.2) is 0 Å². The Labute approximate surface area is 107 Å². The summed E-state index contributed by atoms with van der Waals surface area (Å²) in [6, 6.07) is 2.32. The third-order valence-corrected chi connectivity index (χ3v) is 4.65. The molecule has 2 aliphatic rings. The van der Waals surface area contributed by atoms with Crippen molar-refractivity contribution in [3.63, 3.8) is 0 Å². The van der Waals surface area contributed by atoms with E-state index >= 15 is 0 Å². The van der Waals surface area contributed by atoms with Gasteiger partial charge in [-0.25, -0.2) is 0 Å². The molecule has 0 radical (unpaired) electrons. The number of hydrogen-bond acceptors (Lipinski definition) is 3. The van der Waals surface area contributed by atoms with Gasteiger partial charge >= 0.3 is 0 Å². The highest BCUT2D eigenvalue weighted by Crippen LogP contribution is 2.24. The lowest BCUT2D eigenvalue weighted by Crippen LogP contribution is -2.54. The zero-order valence-electron chi connectivity index (χ0n) is 11.8. The van der Waals surface area contributed by atoms with Gasteiger partial charge in [0.1, 0.15) is 0 Å². The van der Waals surface area contributed by atoms with Crippen molar-refractivity contribution in [3.8, 4) is 0 Å². The highest BCUT2D eigenvalue weighted by atomic mass is 15.3. The standard InChI is InChI=1S/C14H29N3/c1-12(2)16-7-9-17(10-8-16)14-6-4-5-13(11-14)15-3/h12-15H,4-11H2,1-3H3/t13-,14?/m1/s1. The van der Waals surface area contributed by atoms with Crippen LogP contribution in [0.2, 0.25) is 0 Å². The van der Waals surface area contributed by atoms with E-state index in [2.05, 4.69) is 36.0 Å². The summed E-state index contributed by atoms with van der Waals surface area (Å²) in [6.07, 6.45) is 5.55. The summed E-state index contributed by atoms with van der Waals surface area (Å²) >= 11 is 0. The topological polar surface area (TPSA) is 18.5 Å². The van der Waals surface area contributed by atoms with Crippen molar-refractivity contribution in [2.75, 3.05) is 33.2 Å². The summed E-state index contributed by atoms with van der Waals surface area (Å²) < 4.78 is 0. The molecule has 1 saturated carbocycles. The summed E-state index contributed by atoms with van der Waals surface area (Å²) in [6.45, 7) is 9.70. The van der Waals surface area contributed by atoms with Crippen LogP contribution in [0.4, 0.5) is 0 Å². The lowest BCUT2D eigenvalue weighted by molar-refractivity contribution is 0.0591. The molecule has 100 valence electrons. The van der Waals surface area contributed by atoms with Crippen LogP contribution in [0.25, 0.3) is 0 Å². The van der Waals surface area contributed by atoms with Gasteiger partial charge in [-0.2, -0.15) is 0 Å². The van der Waals surface area contributed by atoms with Gasteiger partial charge < -0.3 is 5.32 Å². The molecule has 1 N–H and O–H groups in total. The first-order valence-electron chi connectivity index (χ1n) is 7.36. The van der Waals surface area contributed by atoms with Crippen LogP contribution in [-0.4, -0.2) is 61.2 Å². The van der Waals surface area contributed by atoms with Gasteiger partial charge in [0, 0.05) is 44.3 Å². The van der Waals surface area contributed by atoms with E-state index in [1.807, 2.05) is 0 Å². The summed E-state index contributed by atoms with van der Waals surface area (Å²) in [4.78, 5) is 5.34. The second-order valence-electron chi connectivity index (χ2n) is 5.97. The fourth-order valence-electron chi connectivity index (χ4n) is 3.38. The first-order valence-corrected chi connectivity index (χ1v) is 7.36. The fourth-order valence-corrected chi connectivity index (χ4v) is 3.38. The predicted molar refractivity (Wildman–Crippen MR) is 73.4 cm³/mol. The van der Waals surface area contributed by atoms with Gasteiger partial charge in [-0.05, 0) is 40.2 Å². The molecular weight excluding hydrogens is 210 g/mol. The van der Waals surface area contributed by atoms with E-state index in [9.17, 15) is 0 Å². The van der Waals surface area contributed by atoms with Crippen LogP contribution in [0.3, 0.4) is 0 Å². The summed E-state index contributed by atoms with van der Waals surface area (Å²) in [5, 5.41) is 3.46. The molecule has 1 heterocycles. The Morgan fingerprint density at radius 1 is 1.06 bits per heavy atom. The van der Waals surface area contributed by atoms with E-state index in [4.69, 9.17) is 0 Å². The van der Waals surface area contributed by atoms with Gasteiger partial charge in [-0.1, -0.05) is 6.42 Å². The number of nitrogens with one attached hydrogen (secondary N) is 1. The maximum atomic E-state index is 3.46. The molecule has 0 aromatic carbocycles. The molecule has 3 nitrogen and oxygen atoms in total. The second-order valence-corrected chi connectivity index (χ2v) is 5.97. The molecule has 1 saturated heterocycles. The third kappa shape index (κ3) is 3.43. The molecule has 0 bridgehead atoms. The quantitative estimate of drug-likeness (QED) is 0.806. The molecule has 2 fully saturated rings. The molecule has 0 spiro atoms. The minimum absolute atomic E-state index is 0.716. The zero-order chi connectivity index (χ0) is 12.3. The van der Waals surface area contributed by atoms with Gasteiger partial charge in [0.25, 0.3) is 0 Å². The Balaban J connectivity index is 1.80. The molecule has 0 aromatic heterocycles. The van der Waals surface area contributed by atoms with Crippen LogP contribution in [0.1, 0.15) is 39.5 Å². The first kappa shape index (κ1) is 13.3. The van der Waals surface area contributed by atoms with Crippen LogP contribution in [0.5, 0.6) is 0 Å². The Morgan fingerprint density at radius 3 is 2.35 bits per heavy atom. The van der Waals surface area contributed by atoms with Gasteiger partial charge in [-0.3, -0.25) is 9.80 Å². The van der Waals surface area contributed by atoms with E-state index in [0.29, 0.717) is 6.04 Å². The van der Waals surface area contributed by atoms with Crippen LogP contribution in [0, 0.1) is 0 Å². The van der Waals surface area contributed by atoms with Crippen LogP contribution >= 0.6 is 0 Å². The van der Waals surface area contributed by atoms with E-state index in [-0.39, 0.29) is 0 Å². The van der Waals surface area contributed by atoms with Crippen molar-refractivity contribution in [2.45, 2.75) is 57.7 Å². The van der Waals surface area contributed by atoms with E-state index < -0.39 is 0 Å². The molecule has 1 aliphatic heterocycles. The minimum atomic E-state index is 0.716. The lowest BCUT2D eigenvalue weighted by atomic mass is 9.89. The van der Waals surface area contributed by atoms with Crippen molar-refractivity contribution in [1.29, 1.82) is 0 Å². The van der Waals surface area contributed by atoms with Crippen molar-refractivity contribution in [1.82, 2.24) is 15.1 Å². The largest absolute Gasteiger partial charge is 0.317 e.